The van der Waals surface area contributed by atoms with E-state index in [1.54, 1.807) is 27.7 Å². The number of aromatic amines is 1. The van der Waals surface area contributed by atoms with Crippen LogP contribution in [-0.2, 0) is 30.4 Å². The molecule has 0 spiro atoms. The summed E-state index contributed by atoms with van der Waals surface area (Å²) in [6.45, 7) is 6.94. The second kappa shape index (κ2) is 14.0. The van der Waals surface area contributed by atoms with Gasteiger partial charge in [0.05, 0.1) is 18.8 Å². The maximum Gasteiger partial charge on any atom is 0.326 e. The molecule has 0 saturated carbocycles. The summed E-state index contributed by atoms with van der Waals surface area (Å²) in [6, 6.07) is -4.90. The lowest BCUT2D eigenvalue weighted by molar-refractivity contribution is -0.144. The molecule has 1 rings (SSSR count). The third kappa shape index (κ3) is 9.35. The zero-order valence-electron chi connectivity index (χ0n) is 20.4. The number of aliphatic carboxylic acids is 2. The predicted octanol–water partition coefficient (Wildman–Crippen LogP) is -0.615. The first-order valence-corrected chi connectivity index (χ1v) is 11.5. The molecule has 6 unspecified atom stereocenters. The van der Waals surface area contributed by atoms with E-state index in [2.05, 4.69) is 25.9 Å². The largest absolute Gasteiger partial charge is 0.481 e. The van der Waals surface area contributed by atoms with Crippen LogP contribution in [-0.4, -0.2) is 74.0 Å². The number of carboxylic acid groups (broad SMARTS) is 2. The van der Waals surface area contributed by atoms with Crippen molar-refractivity contribution in [3.8, 4) is 0 Å². The Hall–Kier alpha value is -3.48. The van der Waals surface area contributed by atoms with E-state index in [4.69, 9.17) is 5.73 Å². The molecule has 0 aliphatic rings. The van der Waals surface area contributed by atoms with Gasteiger partial charge in [-0.1, -0.05) is 40.5 Å². The normalized spacial score (nSPS) is 16.1. The number of hydrogen-bond donors (Lipinski definition) is 7. The number of H-pyrrole nitrogens is 1. The standard InChI is InChI=1S/C22H36N6O7/c1-5-11(3)17(21(33)28-18(22(34)35)12(4)6-2)27-20(32)15(8-16(29)30)26-19(31)14(23)7-13-9-24-10-25-13/h9-12,14-15,17-18H,5-8,23H2,1-4H3,(H,24,25)(H,26,31)(H,27,32)(H,28,33)(H,29,30)(H,34,35). The number of nitrogens with one attached hydrogen (secondary N) is 4. The summed E-state index contributed by atoms with van der Waals surface area (Å²) in [5.41, 5.74) is 6.45. The molecule has 8 N–H and O–H groups in total. The molecule has 6 atom stereocenters. The fourth-order valence-electron chi connectivity index (χ4n) is 3.27. The van der Waals surface area contributed by atoms with E-state index in [9.17, 15) is 34.2 Å². The number of nitrogens with two attached hydrogens (primary N) is 1. The number of imidazole rings is 1. The molecule has 1 aromatic heterocycles. The highest BCUT2D eigenvalue weighted by Gasteiger charge is 2.34. The quantitative estimate of drug-likeness (QED) is 0.164. The van der Waals surface area contributed by atoms with Crippen molar-refractivity contribution >= 4 is 29.7 Å². The monoisotopic (exact) mass is 496 g/mol. The fourth-order valence-corrected chi connectivity index (χ4v) is 3.27. The van der Waals surface area contributed by atoms with Crippen LogP contribution in [0.25, 0.3) is 0 Å². The van der Waals surface area contributed by atoms with E-state index in [-0.39, 0.29) is 12.3 Å². The second-order valence-electron chi connectivity index (χ2n) is 8.63. The van der Waals surface area contributed by atoms with Crippen molar-refractivity contribution in [1.29, 1.82) is 0 Å². The highest BCUT2D eigenvalue weighted by Crippen LogP contribution is 2.13. The average molecular weight is 497 g/mol. The summed E-state index contributed by atoms with van der Waals surface area (Å²) in [6.07, 6.45) is 3.20. The van der Waals surface area contributed by atoms with Crippen LogP contribution in [0.4, 0.5) is 0 Å². The lowest BCUT2D eigenvalue weighted by atomic mass is 9.95. The van der Waals surface area contributed by atoms with Crippen molar-refractivity contribution < 1.29 is 34.2 Å². The van der Waals surface area contributed by atoms with Crippen molar-refractivity contribution in [1.82, 2.24) is 25.9 Å². The molecule has 0 aliphatic carbocycles. The van der Waals surface area contributed by atoms with Crippen molar-refractivity contribution in [2.24, 2.45) is 17.6 Å². The minimum Gasteiger partial charge on any atom is -0.481 e. The average Bonchev–Trinajstić information content (AvgIpc) is 3.31. The Labute approximate surface area is 203 Å². The Balaban J connectivity index is 3.00. The Morgan fingerprint density at radius 3 is 2.00 bits per heavy atom. The van der Waals surface area contributed by atoms with Crippen LogP contribution in [0.1, 0.15) is 52.7 Å². The van der Waals surface area contributed by atoms with Crippen LogP contribution in [0.2, 0.25) is 0 Å². The van der Waals surface area contributed by atoms with Crippen LogP contribution in [0.3, 0.4) is 0 Å². The van der Waals surface area contributed by atoms with Gasteiger partial charge in [-0.05, 0) is 11.8 Å². The van der Waals surface area contributed by atoms with E-state index < -0.39 is 66.2 Å². The van der Waals surface area contributed by atoms with Gasteiger partial charge in [0.25, 0.3) is 0 Å². The minimum atomic E-state index is -1.50. The first-order valence-electron chi connectivity index (χ1n) is 11.5. The Kier molecular flexibility index (Phi) is 11.9. The maximum absolute atomic E-state index is 13.0. The molecule has 0 aromatic carbocycles. The van der Waals surface area contributed by atoms with Crippen LogP contribution in [0.5, 0.6) is 0 Å². The molecule has 3 amide bonds. The molecular formula is C22H36N6O7. The van der Waals surface area contributed by atoms with E-state index in [1.807, 2.05) is 0 Å². The summed E-state index contributed by atoms with van der Waals surface area (Å²) in [5.74, 6) is -5.69. The lowest BCUT2D eigenvalue weighted by Crippen LogP contribution is -2.59. The van der Waals surface area contributed by atoms with Gasteiger partial charge >= 0.3 is 11.9 Å². The van der Waals surface area contributed by atoms with Crippen LogP contribution < -0.4 is 21.7 Å². The van der Waals surface area contributed by atoms with Crippen molar-refractivity contribution in [2.75, 3.05) is 0 Å². The Morgan fingerprint density at radius 1 is 0.943 bits per heavy atom. The van der Waals surface area contributed by atoms with Gasteiger partial charge in [-0.2, -0.15) is 0 Å². The van der Waals surface area contributed by atoms with Gasteiger partial charge in [0.2, 0.25) is 17.7 Å². The number of hydrogen-bond acceptors (Lipinski definition) is 7. The summed E-state index contributed by atoms with van der Waals surface area (Å²) in [7, 11) is 0. The van der Waals surface area contributed by atoms with E-state index in [0.29, 0.717) is 18.5 Å². The van der Waals surface area contributed by atoms with Gasteiger partial charge in [-0.3, -0.25) is 19.2 Å². The third-order valence-electron chi connectivity index (χ3n) is 5.91. The smallest absolute Gasteiger partial charge is 0.326 e. The topological polar surface area (TPSA) is 217 Å². The van der Waals surface area contributed by atoms with Crippen molar-refractivity contribution in [2.45, 2.75) is 77.5 Å². The molecule has 196 valence electrons. The zero-order chi connectivity index (χ0) is 26.7. The molecule has 0 radical (unpaired) electrons. The molecule has 1 aromatic rings. The van der Waals surface area contributed by atoms with Gasteiger partial charge in [0.1, 0.15) is 18.1 Å². The fraction of sp³-hybridized carbons (Fsp3) is 0.636. The van der Waals surface area contributed by atoms with E-state index in [0.717, 1.165) is 0 Å². The molecule has 13 nitrogen and oxygen atoms in total. The van der Waals surface area contributed by atoms with Gasteiger partial charge in [0, 0.05) is 18.3 Å². The number of carbonyl (C=O) groups excluding carboxylic acids is 3. The predicted molar refractivity (Wildman–Crippen MR) is 125 cm³/mol. The molecular weight excluding hydrogens is 460 g/mol. The first-order chi connectivity index (χ1) is 16.4. The second-order valence-corrected chi connectivity index (χ2v) is 8.63. The number of nitrogens with zero attached hydrogens (tertiary/aromatic N) is 1. The third-order valence-corrected chi connectivity index (χ3v) is 5.91. The molecule has 35 heavy (non-hydrogen) atoms. The molecule has 0 bridgehead atoms. The molecule has 0 aliphatic heterocycles. The SMILES string of the molecule is CCC(C)C(NC(=O)C(NC(=O)C(CC(=O)O)NC(=O)C(N)Cc1cnc[nH]1)C(C)CC)C(=O)O. The summed E-state index contributed by atoms with van der Waals surface area (Å²) >= 11 is 0. The number of carboxylic acids is 2. The summed E-state index contributed by atoms with van der Waals surface area (Å²) in [5, 5.41) is 26.0. The minimum absolute atomic E-state index is 0.0807. The molecule has 1 heterocycles. The van der Waals surface area contributed by atoms with Gasteiger partial charge in [0.15, 0.2) is 0 Å². The summed E-state index contributed by atoms with van der Waals surface area (Å²) in [4.78, 5) is 68.0. The zero-order valence-corrected chi connectivity index (χ0v) is 20.4. The van der Waals surface area contributed by atoms with Gasteiger partial charge < -0.3 is 36.9 Å². The maximum atomic E-state index is 13.0. The van der Waals surface area contributed by atoms with E-state index in [1.165, 1.54) is 12.5 Å². The summed E-state index contributed by atoms with van der Waals surface area (Å²) < 4.78 is 0. The highest BCUT2D eigenvalue weighted by atomic mass is 16.4. The Morgan fingerprint density at radius 2 is 1.51 bits per heavy atom. The number of rotatable bonds is 15. The number of amides is 3. The molecule has 0 fully saturated rings. The van der Waals surface area contributed by atoms with Crippen LogP contribution in [0.15, 0.2) is 12.5 Å². The number of carbonyl (C=O) groups is 5. The van der Waals surface area contributed by atoms with Gasteiger partial charge in [-0.15, -0.1) is 0 Å². The molecule has 13 heteroatoms. The number of aromatic nitrogens is 2. The van der Waals surface area contributed by atoms with Crippen molar-refractivity contribution in [3.05, 3.63) is 18.2 Å². The Bertz CT molecular complexity index is 876. The van der Waals surface area contributed by atoms with Crippen LogP contribution in [0, 0.1) is 11.8 Å². The highest BCUT2D eigenvalue weighted by molar-refractivity contribution is 5.95. The first kappa shape index (κ1) is 29.6. The molecule has 0 saturated heterocycles. The van der Waals surface area contributed by atoms with Crippen LogP contribution >= 0.6 is 0 Å². The van der Waals surface area contributed by atoms with E-state index >= 15 is 0 Å². The van der Waals surface area contributed by atoms with Crippen molar-refractivity contribution in [3.63, 3.8) is 0 Å². The van der Waals surface area contributed by atoms with Gasteiger partial charge in [-0.25, -0.2) is 9.78 Å². The lowest BCUT2D eigenvalue weighted by Gasteiger charge is -2.29.